The van der Waals surface area contributed by atoms with E-state index in [1.807, 2.05) is 25.1 Å². The van der Waals surface area contributed by atoms with Crippen molar-refractivity contribution in [2.24, 2.45) is 0 Å². The van der Waals surface area contributed by atoms with Crippen molar-refractivity contribution in [3.8, 4) is 0 Å². The number of hydrogen-bond donors (Lipinski definition) is 3. The first-order valence-corrected chi connectivity index (χ1v) is 9.75. The van der Waals surface area contributed by atoms with Crippen molar-refractivity contribution in [2.75, 3.05) is 17.2 Å². The van der Waals surface area contributed by atoms with Crippen LogP contribution in [-0.2, 0) is 4.79 Å². The van der Waals surface area contributed by atoms with Gasteiger partial charge in [0.2, 0.25) is 5.91 Å². The van der Waals surface area contributed by atoms with Crippen molar-refractivity contribution in [3.63, 3.8) is 0 Å². The molecule has 2 amide bonds. The van der Waals surface area contributed by atoms with Crippen LogP contribution in [0, 0.1) is 5.82 Å². The first-order chi connectivity index (χ1) is 14.4. The molecule has 1 atom stereocenters. The third-order valence-electron chi connectivity index (χ3n) is 4.47. The van der Waals surface area contributed by atoms with E-state index in [2.05, 4.69) is 16.0 Å². The van der Waals surface area contributed by atoms with Crippen molar-refractivity contribution in [1.29, 1.82) is 0 Å². The smallest absolute Gasteiger partial charge is 0.257 e. The first-order valence-electron chi connectivity index (χ1n) is 9.37. The van der Waals surface area contributed by atoms with Gasteiger partial charge in [0.25, 0.3) is 5.91 Å². The van der Waals surface area contributed by atoms with Gasteiger partial charge in [-0.25, -0.2) is 4.39 Å². The second-order valence-electron chi connectivity index (χ2n) is 6.71. The second-order valence-corrected chi connectivity index (χ2v) is 7.15. The summed E-state index contributed by atoms with van der Waals surface area (Å²) in [6.45, 7) is 1.99. The predicted octanol–water partition coefficient (Wildman–Crippen LogP) is 5.02. The molecule has 0 aromatic heterocycles. The zero-order chi connectivity index (χ0) is 21.5. The molecule has 3 rings (SSSR count). The fraction of sp³-hybridized carbons (Fsp3) is 0.130. The van der Waals surface area contributed by atoms with E-state index < -0.39 is 5.91 Å². The summed E-state index contributed by atoms with van der Waals surface area (Å²) in [5, 5.41) is 9.21. The van der Waals surface area contributed by atoms with Gasteiger partial charge in [-0.2, -0.15) is 0 Å². The third-order valence-corrected chi connectivity index (χ3v) is 4.70. The van der Waals surface area contributed by atoms with Crippen LogP contribution < -0.4 is 16.0 Å². The molecule has 30 heavy (non-hydrogen) atoms. The minimum atomic E-state index is -0.405. The van der Waals surface area contributed by atoms with E-state index in [-0.39, 0.29) is 24.3 Å². The molecule has 0 radical (unpaired) electrons. The lowest BCUT2D eigenvalue weighted by atomic mass is 10.1. The van der Waals surface area contributed by atoms with Crippen LogP contribution in [0.4, 0.5) is 15.8 Å². The molecule has 154 valence electrons. The van der Waals surface area contributed by atoms with Crippen LogP contribution in [0.5, 0.6) is 0 Å². The summed E-state index contributed by atoms with van der Waals surface area (Å²) in [7, 11) is 0. The molecule has 0 bridgehead atoms. The number of halogens is 2. The highest BCUT2D eigenvalue weighted by Crippen LogP contribution is 2.19. The zero-order valence-corrected chi connectivity index (χ0v) is 17.0. The van der Waals surface area contributed by atoms with E-state index in [0.717, 1.165) is 5.56 Å². The average molecular weight is 426 g/mol. The van der Waals surface area contributed by atoms with Crippen molar-refractivity contribution < 1.29 is 14.0 Å². The van der Waals surface area contributed by atoms with Gasteiger partial charge in [0.05, 0.1) is 17.8 Å². The van der Waals surface area contributed by atoms with Gasteiger partial charge in [-0.3, -0.25) is 9.59 Å². The van der Waals surface area contributed by atoms with Crippen LogP contribution in [0.2, 0.25) is 5.02 Å². The molecule has 0 heterocycles. The molecular formula is C23H21ClFN3O2. The molecule has 0 saturated carbocycles. The molecule has 3 N–H and O–H groups in total. The molecule has 3 aromatic carbocycles. The van der Waals surface area contributed by atoms with Gasteiger partial charge in [-0.15, -0.1) is 0 Å². The Balaban J connectivity index is 1.61. The van der Waals surface area contributed by atoms with Crippen LogP contribution in [0.15, 0.2) is 72.8 Å². The second kappa shape index (κ2) is 10.0. The van der Waals surface area contributed by atoms with Crippen molar-refractivity contribution >= 4 is 34.8 Å². The van der Waals surface area contributed by atoms with Gasteiger partial charge in [0, 0.05) is 16.8 Å². The lowest BCUT2D eigenvalue weighted by molar-refractivity contribution is -0.115. The fourth-order valence-electron chi connectivity index (χ4n) is 2.86. The fourth-order valence-corrected chi connectivity index (χ4v) is 3.05. The summed E-state index contributed by atoms with van der Waals surface area (Å²) in [6.07, 6.45) is 0. The molecule has 0 aliphatic carbocycles. The van der Waals surface area contributed by atoms with Gasteiger partial charge in [0.15, 0.2) is 0 Å². The van der Waals surface area contributed by atoms with E-state index >= 15 is 0 Å². The topological polar surface area (TPSA) is 70.2 Å². The van der Waals surface area contributed by atoms with E-state index in [0.29, 0.717) is 22.0 Å². The summed E-state index contributed by atoms with van der Waals surface area (Å²) in [5.74, 6) is -1.08. The van der Waals surface area contributed by atoms with E-state index in [1.54, 1.807) is 30.3 Å². The largest absolute Gasteiger partial charge is 0.324 e. The number of rotatable bonds is 7. The summed E-state index contributed by atoms with van der Waals surface area (Å²) in [6, 6.07) is 19.5. The average Bonchev–Trinajstić information content (AvgIpc) is 2.74. The molecular weight excluding hydrogens is 405 g/mol. The Morgan fingerprint density at radius 2 is 1.70 bits per heavy atom. The molecule has 3 aromatic rings. The van der Waals surface area contributed by atoms with Gasteiger partial charge in [0.1, 0.15) is 5.82 Å². The molecule has 0 aliphatic rings. The van der Waals surface area contributed by atoms with Crippen molar-refractivity contribution in [3.05, 3.63) is 94.8 Å². The highest BCUT2D eigenvalue weighted by Gasteiger charge is 2.14. The van der Waals surface area contributed by atoms with Gasteiger partial charge in [-0.1, -0.05) is 35.9 Å². The molecule has 7 heteroatoms. The number of benzene rings is 3. The molecule has 0 spiro atoms. The minimum Gasteiger partial charge on any atom is -0.324 e. The monoisotopic (exact) mass is 425 g/mol. The van der Waals surface area contributed by atoms with Crippen LogP contribution in [0.25, 0.3) is 0 Å². The number of para-hydroxylation sites is 1. The van der Waals surface area contributed by atoms with Gasteiger partial charge < -0.3 is 16.0 Å². The number of carbonyl (C=O) groups is 2. The normalized spacial score (nSPS) is 11.6. The summed E-state index contributed by atoms with van der Waals surface area (Å²) >= 11 is 6.01. The Bertz CT molecular complexity index is 1040. The molecule has 0 fully saturated rings. The third kappa shape index (κ3) is 5.89. The summed E-state index contributed by atoms with van der Waals surface area (Å²) in [4.78, 5) is 25.0. The van der Waals surface area contributed by atoms with Crippen LogP contribution in [0.3, 0.4) is 0 Å². The van der Waals surface area contributed by atoms with Crippen LogP contribution >= 0.6 is 11.6 Å². The number of nitrogens with one attached hydrogen (secondary N) is 3. The maximum Gasteiger partial charge on any atom is 0.257 e. The van der Waals surface area contributed by atoms with Crippen molar-refractivity contribution in [2.45, 2.75) is 13.0 Å². The Kier molecular flexibility index (Phi) is 7.17. The van der Waals surface area contributed by atoms with E-state index in [9.17, 15) is 14.0 Å². The zero-order valence-electron chi connectivity index (χ0n) is 16.3. The Labute approximate surface area is 179 Å². The lowest BCUT2D eigenvalue weighted by Crippen LogP contribution is -2.30. The highest BCUT2D eigenvalue weighted by molar-refractivity contribution is 6.30. The summed E-state index contributed by atoms with van der Waals surface area (Å²) < 4.78 is 13.0. The van der Waals surface area contributed by atoms with Gasteiger partial charge >= 0.3 is 0 Å². The number of carbonyl (C=O) groups excluding carboxylic acids is 2. The Morgan fingerprint density at radius 1 is 0.967 bits per heavy atom. The summed E-state index contributed by atoms with van der Waals surface area (Å²) in [5.41, 5.74) is 2.12. The van der Waals surface area contributed by atoms with Gasteiger partial charge in [-0.05, 0) is 61.0 Å². The number of anilines is 2. The van der Waals surface area contributed by atoms with E-state index in [1.165, 1.54) is 24.3 Å². The van der Waals surface area contributed by atoms with Crippen LogP contribution in [0.1, 0.15) is 28.9 Å². The minimum absolute atomic E-state index is 0.0571. The predicted molar refractivity (Wildman–Crippen MR) is 117 cm³/mol. The van der Waals surface area contributed by atoms with Crippen LogP contribution in [-0.4, -0.2) is 18.4 Å². The molecule has 0 aliphatic heterocycles. The lowest BCUT2D eigenvalue weighted by Gasteiger charge is -2.15. The maximum absolute atomic E-state index is 13.0. The highest BCUT2D eigenvalue weighted by atomic mass is 35.5. The Hall–Kier alpha value is -3.22. The van der Waals surface area contributed by atoms with Crippen molar-refractivity contribution in [1.82, 2.24) is 5.32 Å². The standard InChI is InChI=1S/C23H21ClFN3O2/c1-15(16-5-4-6-17(24)13-16)26-14-22(29)28-21-8-3-2-7-20(21)23(30)27-19-11-9-18(25)10-12-19/h2-13,15,26H,14H2,1H3,(H,27,30)(H,28,29)/t15-/m1/s1. The molecule has 5 nitrogen and oxygen atoms in total. The number of hydrogen-bond acceptors (Lipinski definition) is 3. The Morgan fingerprint density at radius 3 is 2.43 bits per heavy atom. The first kappa shape index (κ1) is 21.5. The SMILES string of the molecule is C[C@@H](NCC(=O)Nc1ccccc1C(=O)Nc1ccc(F)cc1)c1cccc(Cl)c1. The molecule has 0 saturated heterocycles. The quantitative estimate of drug-likeness (QED) is 0.497. The van der Waals surface area contributed by atoms with E-state index in [4.69, 9.17) is 11.6 Å². The molecule has 0 unspecified atom stereocenters. The maximum atomic E-state index is 13.0. The number of amides is 2.